The van der Waals surface area contributed by atoms with Crippen molar-refractivity contribution < 1.29 is 9.78 Å². The Morgan fingerprint density at radius 3 is 2.57 bits per heavy atom. The van der Waals surface area contributed by atoms with E-state index < -0.39 is 4.92 Å². The molecule has 0 amide bonds. The average Bonchev–Trinajstić information content (AvgIpc) is 2.15. The number of nitro groups is 1. The molecule has 0 aliphatic carbocycles. The van der Waals surface area contributed by atoms with Gasteiger partial charge in [0, 0.05) is 6.07 Å². The predicted octanol–water partition coefficient (Wildman–Crippen LogP) is 1.51. The standard InChI is InChI=1S/C7H8N4O3/c1-10(12)9-8-6-4-2-3-5-7(6)11(13)14/h2-5,8H,1H3. The molecule has 0 aromatic heterocycles. The molecule has 0 spiro atoms. The van der Waals surface area contributed by atoms with Gasteiger partial charge < -0.3 is 5.21 Å². The van der Waals surface area contributed by atoms with E-state index in [0.29, 0.717) is 0 Å². The summed E-state index contributed by atoms with van der Waals surface area (Å²) in [5.74, 6) is 0. The van der Waals surface area contributed by atoms with Crippen LogP contribution < -0.4 is 5.43 Å². The lowest BCUT2D eigenvalue weighted by molar-refractivity contribution is -0.497. The largest absolute Gasteiger partial charge is 0.696 e. The maximum atomic E-state index is 10.5. The third kappa shape index (κ3) is 2.41. The molecule has 74 valence electrons. The Morgan fingerprint density at radius 1 is 1.36 bits per heavy atom. The highest BCUT2D eigenvalue weighted by Gasteiger charge is 2.14. The molecule has 1 aromatic rings. The smallest absolute Gasteiger partial charge is 0.317 e. The summed E-state index contributed by atoms with van der Waals surface area (Å²) < 4.78 is 0. The molecule has 0 unspecified atom stereocenters. The van der Waals surface area contributed by atoms with Gasteiger partial charge in [-0.05, 0) is 6.07 Å². The number of nitrogens with one attached hydrogen (secondary N) is 1. The highest BCUT2D eigenvalue weighted by Crippen LogP contribution is 2.22. The SMILES string of the molecule is C[N+]([O-])=NNc1ccccc1[N+](=O)[O-]. The van der Waals surface area contributed by atoms with Crippen molar-refractivity contribution in [2.45, 2.75) is 0 Å². The van der Waals surface area contributed by atoms with Crippen molar-refractivity contribution in [1.29, 1.82) is 0 Å². The fourth-order valence-electron chi connectivity index (χ4n) is 0.852. The number of hydrogen-bond acceptors (Lipinski definition) is 4. The second-order valence-electron chi connectivity index (χ2n) is 2.45. The average molecular weight is 196 g/mol. The monoisotopic (exact) mass is 196 g/mol. The molecule has 1 aromatic carbocycles. The topological polar surface area (TPSA) is 93.6 Å². The summed E-state index contributed by atoms with van der Waals surface area (Å²) in [5, 5.41) is 24.2. The van der Waals surface area contributed by atoms with Gasteiger partial charge in [-0.25, -0.2) is 0 Å². The van der Waals surface area contributed by atoms with Crippen molar-refractivity contribution in [3.05, 3.63) is 39.6 Å². The number of rotatable bonds is 3. The van der Waals surface area contributed by atoms with E-state index in [4.69, 9.17) is 0 Å². The minimum atomic E-state index is -0.553. The lowest BCUT2D eigenvalue weighted by Gasteiger charge is -1.98. The van der Waals surface area contributed by atoms with Crippen LogP contribution in [-0.4, -0.2) is 16.8 Å². The van der Waals surface area contributed by atoms with E-state index in [9.17, 15) is 15.3 Å². The van der Waals surface area contributed by atoms with Crippen LogP contribution in [0.1, 0.15) is 0 Å². The molecule has 0 bridgehead atoms. The van der Waals surface area contributed by atoms with E-state index in [2.05, 4.69) is 10.6 Å². The van der Waals surface area contributed by atoms with E-state index in [0.717, 1.165) is 0 Å². The zero-order valence-corrected chi connectivity index (χ0v) is 7.38. The van der Waals surface area contributed by atoms with E-state index in [1.54, 1.807) is 6.07 Å². The number of anilines is 1. The Balaban J connectivity index is 2.96. The maximum Gasteiger partial charge on any atom is 0.317 e. The Labute approximate surface area is 79.4 Å². The van der Waals surface area contributed by atoms with Gasteiger partial charge in [0.05, 0.1) is 10.1 Å². The van der Waals surface area contributed by atoms with E-state index in [1.165, 1.54) is 25.2 Å². The van der Waals surface area contributed by atoms with Crippen molar-refractivity contribution in [3.8, 4) is 0 Å². The third-order valence-electron chi connectivity index (χ3n) is 1.41. The molecular weight excluding hydrogens is 188 g/mol. The van der Waals surface area contributed by atoms with Crippen molar-refractivity contribution in [3.63, 3.8) is 0 Å². The second-order valence-corrected chi connectivity index (χ2v) is 2.45. The fourth-order valence-corrected chi connectivity index (χ4v) is 0.852. The van der Waals surface area contributed by atoms with Gasteiger partial charge in [0.2, 0.25) is 5.69 Å². The number of nitro benzene ring substituents is 1. The first-order valence-electron chi connectivity index (χ1n) is 3.72. The van der Waals surface area contributed by atoms with Crippen LogP contribution in [0.25, 0.3) is 0 Å². The molecule has 0 aliphatic rings. The number of benzene rings is 1. The Kier molecular flexibility index (Phi) is 2.95. The molecule has 0 atom stereocenters. The van der Waals surface area contributed by atoms with Gasteiger partial charge in [-0.15, -0.1) is 5.43 Å². The molecule has 0 heterocycles. The predicted molar refractivity (Wildman–Crippen MR) is 48.7 cm³/mol. The van der Waals surface area contributed by atoms with Crippen LogP contribution >= 0.6 is 0 Å². The number of hydroxylamine groups is 1. The van der Waals surface area contributed by atoms with Crippen molar-refractivity contribution in [2.24, 2.45) is 5.22 Å². The van der Waals surface area contributed by atoms with Crippen molar-refractivity contribution in [1.82, 2.24) is 0 Å². The van der Waals surface area contributed by atoms with E-state index in [-0.39, 0.29) is 16.2 Å². The maximum absolute atomic E-state index is 10.5. The van der Waals surface area contributed by atoms with Gasteiger partial charge in [-0.1, -0.05) is 12.1 Å². The van der Waals surface area contributed by atoms with Crippen LogP contribution in [0, 0.1) is 15.3 Å². The van der Waals surface area contributed by atoms with Gasteiger partial charge in [-0.2, -0.15) is 4.86 Å². The minimum Gasteiger partial charge on any atom is -0.696 e. The van der Waals surface area contributed by atoms with Crippen LogP contribution in [0.2, 0.25) is 0 Å². The first-order valence-corrected chi connectivity index (χ1v) is 3.72. The fraction of sp³-hybridized carbons (Fsp3) is 0.143. The molecular formula is C7H8N4O3. The Bertz CT molecular complexity index is 373. The van der Waals surface area contributed by atoms with E-state index >= 15 is 0 Å². The minimum absolute atomic E-state index is 0.127. The Morgan fingerprint density at radius 2 is 2.00 bits per heavy atom. The highest BCUT2D eigenvalue weighted by molar-refractivity contribution is 5.60. The van der Waals surface area contributed by atoms with Crippen LogP contribution in [-0.2, 0) is 0 Å². The first kappa shape index (κ1) is 9.90. The summed E-state index contributed by atoms with van der Waals surface area (Å²) in [6.45, 7) is 0. The summed E-state index contributed by atoms with van der Waals surface area (Å²) in [6, 6.07) is 5.92. The van der Waals surface area contributed by atoms with Gasteiger partial charge >= 0.3 is 5.69 Å². The molecule has 14 heavy (non-hydrogen) atoms. The summed E-state index contributed by atoms with van der Waals surface area (Å²) in [5.41, 5.74) is 2.34. The van der Waals surface area contributed by atoms with Gasteiger partial charge in [0.15, 0.2) is 0 Å². The zero-order chi connectivity index (χ0) is 10.6. The molecule has 7 heteroatoms. The summed E-state index contributed by atoms with van der Waals surface area (Å²) in [4.78, 5) is 10.2. The molecule has 7 nitrogen and oxygen atoms in total. The molecule has 1 N–H and O–H groups in total. The molecule has 0 fully saturated rings. The van der Waals surface area contributed by atoms with Crippen molar-refractivity contribution in [2.75, 3.05) is 12.5 Å². The van der Waals surface area contributed by atoms with Gasteiger partial charge in [-0.3, -0.25) is 10.1 Å². The molecule has 0 saturated heterocycles. The summed E-state index contributed by atoms with van der Waals surface area (Å²) in [7, 11) is 1.17. The van der Waals surface area contributed by atoms with Crippen LogP contribution in [0.3, 0.4) is 0 Å². The van der Waals surface area contributed by atoms with Crippen LogP contribution in [0.15, 0.2) is 29.5 Å². The molecule has 0 saturated carbocycles. The molecule has 0 aliphatic heterocycles. The first-order chi connectivity index (χ1) is 6.61. The summed E-state index contributed by atoms with van der Waals surface area (Å²) in [6.07, 6.45) is 0. The number of para-hydroxylation sites is 2. The zero-order valence-electron chi connectivity index (χ0n) is 7.38. The lowest BCUT2D eigenvalue weighted by atomic mass is 10.3. The van der Waals surface area contributed by atoms with Gasteiger partial charge in [0.1, 0.15) is 7.05 Å². The second kappa shape index (κ2) is 4.17. The summed E-state index contributed by atoms with van der Waals surface area (Å²) >= 11 is 0. The van der Waals surface area contributed by atoms with E-state index in [1.807, 2.05) is 0 Å². The third-order valence-corrected chi connectivity index (χ3v) is 1.41. The normalized spacial score (nSPS) is 11.1. The quantitative estimate of drug-likeness (QED) is 0.343. The number of nitrogens with zero attached hydrogens (tertiary/aromatic N) is 3. The lowest BCUT2D eigenvalue weighted by Crippen LogP contribution is -1.99. The Hall–Kier alpha value is -2.18. The molecule has 1 rings (SSSR count). The van der Waals surface area contributed by atoms with Crippen LogP contribution in [0.5, 0.6) is 0 Å². The number of hydrogen-bond donors (Lipinski definition) is 1. The molecule has 0 radical (unpaired) electrons. The van der Waals surface area contributed by atoms with Crippen LogP contribution in [0.4, 0.5) is 11.4 Å². The highest BCUT2D eigenvalue weighted by atomic mass is 16.6. The van der Waals surface area contributed by atoms with Gasteiger partial charge in [0.25, 0.3) is 0 Å². The van der Waals surface area contributed by atoms with Crippen molar-refractivity contribution >= 4 is 11.4 Å².